The topological polar surface area (TPSA) is 126 Å². The summed E-state index contributed by atoms with van der Waals surface area (Å²) in [6.45, 7) is 3.81. The number of hydrogen-bond acceptors (Lipinski definition) is 6. The zero-order chi connectivity index (χ0) is 14.6. The number of aromatic carboxylic acids is 1. The monoisotopic (exact) mass is 269 g/mol. The van der Waals surface area contributed by atoms with Crippen LogP contribution in [0.15, 0.2) is 12.3 Å². The molecule has 104 valence electrons. The lowest BCUT2D eigenvalue weighted by atomic mass is 9.95. The van der Waals surface area contributed by atoms with Crippen molar-refractivity contribution in [3.8, 4) is 0 Å². The minimum atomic E-state index is -1.28. The van der Waals surface area contributed by atoms with Crippen molar-refractivity contribution in [1.82, 2.24) is 4.98 Å². The summed E-state index contributed by atoms with van der Waals surface area (Å²) in [5, 5.41) is 31.5. The number of nitro groups is 1. The number of hydrogen-bond donors (Lipinski definition) is 3. The summed E-state index contributed by atoms with van der Waals surface area (Å²) in [6.07, 6.45) is 1.11. The van der Waals surface area contributed by atoms with Gasteiger partial charge in [0.15, 0.2) is 6.20 Å². The molecular weight excluding hydrogens is 254 g/mol. The Labute approximate surface area is 109 Å². The molecule has 0 fully saturated rings. The lowest BCUT2D eigenvalue weighted by molar-refractivity contribution is -0.389. The van der Waals surface area contributed by atoms with Crippen LogP contribution in [0.4, 0.5) is 11.5 Å². The van der Waals surface area contributed by atoms with Crippen LogP contribution in [0.5, 0.6) is 0 Å². The Hall–Kier alpha value is -2.22. The van der Waals surface area contributed by atoms with Gasteiger partial charge >= 0.3 is 11.8 Å². The third-order valence-electron chi connectivity index (χ3n) is 2.49. The quantitative estimate of drug-likeness (QED) is 0.521. The first-order valence-corrected chi connectivity index (χ1v) is 5.49. The zero-order valence-electron chi connectivity index (χ0n) is 10.6. The van der Waals surface area contributed by atoms with Crippen molar-refractivity contribution in [2.24, 2.45) is 5.41 Å². The molecule has 0 bridgehead atoms. The SMILES string of the molecule is CC(C)(CO)CNc1cnc([N+](=O)[O-])cc1C(=O)O. The van der Waals surface area contributed by atoms with E-state index in [0.29, 0.717) is 6.54 Å². The first-order chi connectivity index (χ1) is 8.76. The summed E-state index contributed by atoms with van der Waals surface area (Å²) < 4.78 is 0. The van der Waals surface area contributed by atoms with Crippen molar-refractivity contribution in [3.05, 3.63) is 27.9 Å². The molecule has 19 heavy (non-hydrogen) atoms. The van der Waals surface area contributed by atoms with Crippen LogP contribution >= 0.6 is 0 Å². The highest BCUT2D eigenvalue weighted by Crippen LogP contribution is 2.21. The molecule has 0 atom stereocenters. The van der Waals surface area contributed by atoms with E-state index in [9.17, 15) is 14.9 Å². The van der Waals surface area contributed by atoms with Crippen LogP contribution < -0.4 is 5.32 Å². The van der Waals surface area contributed by atoms with E-state index >= 15 is 0 Å². The van der Waals surface area contributed by atoms with Gasteiger partial charge in [-0.1, -0.05) is 13.8 Å². The second kappa shape index (κ2) is 5.61. The Bertz CT molecular complexity index is 501. The number of aliphatic hydroxyl groups excluding tert-OH is 1. The minimum absolute atomic E-state index is 0.0805. The van der Waals surface area contributed by atoms with Crippen molar-refractivity contribution >= 4 is 17.5 Å². The molecule has 1 aromatic heterocycles. The van der Waals surface area contributed by atoms with Crippen molar-refractivity contribution in [1.29, 1.82) is 0 Å². The molecule has 0 saturated carbocycles. The standard InChI is InChI=1S/C11H15N3O5/c1-11(2,6-15)5-13-8-4-12-9(14(18)19)3-7(8)10(16)17/h3-4,13,15H,5-6H2,1-2H3,(H,16,17). The van der Waals surface area contributed by atoms with Gasteiger partial charge in [0.25, 0.3) is 0 Å². The van der Waals surface area contributed by atoms with E-state index in [4.69, 9.17) is 10.2 Å². The lowest BCUT2D eigenvalue weighted by Crippen LogP contribution is -2.27. The second-order valence-electron chi connectivity index (χ2n) is 4.83. The number of anilines is 1. The number of pyridine rings is 1. The molecule has 0 spiro atoms. The molecule has 0 radical (unpaired) electrons. The van der Waals surface area contributed by atoms with Crippen molar-refractivity contribution < 1.29 is 19.9 Å². The Morgan fingerprint density at radius 3 is 2.68 bits per heavy atom. The molecule has 8 heteroatoms. The molecule has 0 aliphatic carbocycles. The van der Waals surface area contributed by atoms with Crippen molar-refractivity contribution in [2.45, 2.75) is 13.8 Å². The summed E-state index contributed by atoms with van der Waals surface area (Å²) in [5.74, 6) is -1.81. The van der Waals surface area contributed by atoms with Gasteiger partial charge in [0.05, 0.1) is 17.3 Å². The molecule has 0 unspecified atom stereocenters. The molecule has 8 nitrogen and oxygen atoms in total. The lowest BCUT2D eigenvalue weighted by Gasteiger charge is -2.22. The van der Waals surface area contributed by atoms with Gasteiger partial charge in [-0.15, -0.1) is 0 Å². The first kappa shape index (κ1) is 14.8. The predicted octanol–water partition coefficient (Wildman–Crippen LogP) is 1.12. The Morgan fingerprint density at radius 1 is 1.58 bits per heavy atom. The number of carboxylic acids is 1. The number of carboxylic acid groups (broad SMARTS) is 1. The van der Waals surface area contributed by atoms with Gasteiger partial charge in [0.1, 0.15) is 0 Å². The summed E-state index contributed by atoms with van der Waals surface area (Å²) >= 11 is 0. The van der Waals surface area contributed by atoms with Gasteiger partial charge in [-0.3, -0.25) is 0 Å². The van der Waals surface area contributed by atoms with E-state index in [1.807, 2.05) is 0 Å². The van der Waals surface area contributed by atoms with Crippen LogP contribution in [0.1, 0.15) is 24.2 Å². The van der Waals surface area contributed by atoms with Gasteiger partial charge in [0.2, 0.25) is 0 Å². The van der Waals surface area contributed by atoms with Gasteiger partial charge in [-0.25, -0.2) is 4.79 Å². The number of rotatable bonds is 6. The summed E-state index contributed by atoms with van der Waals surface area (Å²) in [4.78, 5) is 24.4. The molecule has 0 aliphatic rings. The first-order valence-electron chi connectivity index (χ1n) is 5.49. The maximum atomic E-state index is 11.1. The molecule has 1 rings (SSSR count). The van der Waals surface area contributed by atoms with Crippen LogP contribution in [-0.4, -0.2) is 39.2 Å². The van der Waals surface area contributed by atoms with E-state index in [1.54, 1.807) is 13.8 Å². The summed E-state index contributed by atoms with van der Waals surface area (Å²) in [7, 11) is 0. The van der Waals surface area contributed by atoms with Crippen molar-refractivity contribution in [2.75, 3.05) is 18.5 Å². The fourth-order valence-electron chi connectivity index (χ4n) is 1.25. The molecule has 1 heterocycles. The third-order valence-corrected chi connectivity index (χ3v) is 2.49. The molecule has 0 aliphatic heterocycles. The fraction of sp³-hybridized carbons (Fsp3) is 0.455. The molecule has 3 N–H and O–H groups in total. The average Bonchev–Trinajstić information content (AvgIpc) is 2.36. The van der Waals surface area contributed by atoms with Crippen LogP contribution in [0.2, 0.25) is 0 Å². The van der Waals surface area contributed by atoms with Gasteiger partial charge in [-0.2, -0.15) is 0 Å². The molecule has 1 aromatic rings. The summed E-state index contributed by atoms with van der Waals surface area (Å²) in [5.41, 5.74) is -0.493. The predicted molar refractivity (Wildman–Crippen MR) is 67.2 cm³/mol. The van der Waals surface area contributed by atoms with Crippen LogP contribution in [0, 0.1) is 15.5 Å². The molecular formula is C11H15N3O5. The number of nitrogens with zero attached hydrogens (tertiary/aromatic N) is 2. The molecule has 0 aromatic carbocycles. The maximum Gasteiger partial charge on any atom is 0.364 e. The highest BCUT2D eigenvalue weighted by molar-refractivity contribution is 5.94. The summed E-state index contributed by atoms with van der Waals surface area (Å²) in [6, 6.07) is 0.899. The number of carbonyl (C=O) groups is 1. The highest BCUT2D eigenvalue weighted by atomic mass is 16.6. The number of nitrogens with one attached hydrogen (secondary N) is 1. The normalized spacial score (nSPS) is 11.1. The molecule has 0 amide bonds. The van der Waals surface area contributed by atoms with E-state index in [2.05, 4.69) is 10.3 Å². The van der Waals surface area contributed by atoms with E-state index in [0.717, 1.165) is 12.3 Å². The second-order valence-corrected chi connectivity index (χ2v) is 4.83. The van der Waals surface area contributed by atoms with Crippen molar-refractivity contribution in [3.63, 3.8) is 0 Å². The van der Waals surface area contributed by atoms with Crippen LogP contribution in [-0.2, 0) is 0 Å². The number of aromatic nitrogens is 1. The maximum absolute atomic E-state index is 11.1. The fourth-order valence-corrected chi connectivity index (χ4v) is 1.25. The van der Waals surface area contributed by atoms with Crippen LogP contribution in [0.3, 0.4) is 0 Å². The Kier molecular flexibility index (Phi) is 4.38. The highest BCUT2D eigenvalue weighted by Gasteiger charge is 2.21. The molecule has 0 saturated heterocycles. The van der Waals surface area contributed by atoms with Gasteiger partial charge in [-0.05, 0) is 9.91 Å². The zero-order valence-corrected chi connectivity index (χ0v) is 10.6. The third kappa shape index (κ3) is 3.88. The Balaban J connectivity index is 3.01. The van der Waals surface area contributed by atoms with Gasteiger partial charge in [0, 0.05) is 18.6 Å². The van der Waals surface area contributed by atoms with E-state index in [-0.39, 0.29) is 17.9 Å². The van der Waals surface area contributed by atoms with E-state index < -0.39 is 22.1 Å². The minimum Gasteiger partial charge on any atom is -0.478 e. The Morgan fingerprint density at radius 2 is 2.21 bits per heavy atom. The van der Waals surface area contributed by atoms with E-state index in [1.165, 1.54) is 0 Å². The van der Waals surface area contributed by atoms with Crippen LogP contribution in [0.25, 0.3) is 0 Å². The smallest absolute Gasteiger partial charge is 0.364 e. The average molecular weight is 269 g/mol. The number of aliphatic hydroxyl groups is 1. The van der Waals surface area contributed by atoms with Gasteiger partial charge < -0.3 is 25.6 Å². The largest absolute Gasteiger partial charge is 0.478 e.